The Morgan fingerprint density at radius 2 is 1.80 bits per heavy atom. The molecule has 2 aromatic carbocycles. The molecule has 1 N–H and O–H groups in total. The molecule has 15 heavy (non-hydrogen) atoms. The van der Waals surface area contributed by atoms with Crippen LogP contribution in [0.1, 0.15) is 10.4 Å². The molecule has 2 aromatic rings. The summed E-state index contributed by atoms with van der Waals surface area (Å²) in [6, 6.07) is 8.39. The molecule has 0 aliphatic heterocycles. The molecular formula is C11H6Cl2O2. The average molecular weight is 241 g/mol. The van der Waals surface area contributed by atoms with Gasteiger partial charge in [0.05, 0.1) is 10.6 Å². The lowest BCUT2D eigenvalue weighted by Gasteiger charge is -2.03. The second-order valence-corrected chi connectivity index (χ2v) is 3.97. The van der Waals surface area contributed by atoms with Gasteiger partial charge < -0.3 is 5.11 Å². The standard InChI is InChI=1S/C11H6Cl2O2/c12-8-2-1-6-5-10(13)9(11(14)15)4-7(6)3-8/h1-5H,(H,14,15). The van der Waals surface area contributed by atoms with Gasteiger partial charge in [-0.15, -0.1) is 0 Å². The number of carboxylic acids is 1. The lowest BCUT2D eigenvalue weighted by Crippen LogP contribution is -1.97. The Balaban J connectivity index is 2.77. The van der Waals surface area contributed by atoms with Crippen LogP contribution in [0.15, 0.2) is 30.3 Å². The fraction of sp³-hybridized carbons (Fsp3) is 0. The number of halogens is 2. The second-order valence-electron chi connectivity index (χ2n) is 3.13. The highest BCUT2D eigenvalue weighted by molar-refractivity contribution is 6.34. The molecule has 0 aliphatic carbocycles. The average Bonchev–Trinajstić information content (AvgIpc) is 2.17. The molecule has 0 aliphatic rings. The van der Waals surface area contributed by atoms with Crippen molar-refractivity contribution in [3.8, 4) is 0 Å². The van der Waals surface area contributed by atoms with E-state index in [1.165, 1.54) is 6.07 Å². The molecule has 4 heteroatoms. The lowest BCUT2D eigenvalue weighted by molar-refractivity contribution is 0.0697. The summed E-state index contributed by atoms with van der Waals surface area (Å²) in [5.74, 6) is -1.04. The van der Waals surface area contributed by atoms with E-state index in [-0.39, 0.29) is 10.6 Å². The summed E-state index contributed by atoms with van der Waals surface area (Å²) >= 11 is 11.6. The zero-order valence-electron chi connectivity index (χ0n) is 7.50. The Bertz CT molecular complexity index is 550. The number of carboxylic acid groups (broad SMARTS) is 1. The minimum Gasteiger partial charge on any atom is -0.478 e. The largest absolute Gasteiger partial charge is 0.478 e. The lowest BCUT2D eigenvalue weighted by atomic mass is 10.1. The summed E-state index contributed by atoms with van der Waals surface area (Å²) in [4.78, 5) is 10.8. The highest BCUT2D eigenvalue weighted by Crippen LogP contribution is 2.26. The molecule has 0 atom stereocenters. The fourth-order valence-corrected chi connectivity index (χ4v) is 1.84. The molecule has 76 valence electrons. The van der Waals surface area contributed by atoms with Gasteiger partial charge in [-0.25, -0.2) is 4.79 Å². The van der Waals surface area contributed by atoms with Crippen LogP contribution in [0.3, 0.4) is 0 Å². The number of hydrogen-bond donors (Lipinski definition) is 1. The van der Waals surface area contributed by atoms with Gasteiger partial charge in [-0.3, -0.25) is 0 Å². The van der Waals surface area contributed by atoms with Gasteiger partial charge >= 0.3 is 5.97 Å². The van der Waals surface area contributed by atoms with Crippen LogP contribution < -0.4 is 0 Å². The molecule has 0 unspecified atom stereocenters. The monoisotopic (exact) mass is 240 g/mol. The van der Waals surface area contributed by atoms with Crippen molar-refractivity contribution < 1.29 is 9.90 Å². The minimum atomic E-state index is -1.04. The normalized spacial score (nSPS) is 10.5. The highest BCUT2D eigenvalue weighted by atomic mass is 35.5. The Hall–Kier alpha value is -1.25. The van der Waals surface area contributed by atoms with Crippen molar-refractivity contribution in [3.63, 3.8) is 0 Å². The molecule has 0 spiro atoms. The second kappa shape index (κ2) is 3.72. The number of aromatic carboxylic acids is 1. The molecule has 0 aromatic heterocycles. The molecule has 0 radical (unpaired) electrons. The van der Waals surface area contributed by atoms with Crippen molar-refractivity contribution in [3.05, 3.63) is 45.9 Å². The predicted molar refractivity (Wildman–Crippen MR) is 60.9 cm³/mol. The maximum absolute atomic E-state index is 10.8. The van der Waals surface area contributed by atoms with Gasteiger partial charge in [0.1, 0.15) is 0 Å². The van der Waals surface area contributed by atoms with Gasteiger partial charge in [-0.2, -0.15) is 0 Å². The first-order chi connectivity index (χ1) is 7.08. The Morgan fingerprint density at radius 1 is 1.07 bits per heavy atom. The van der Waals surface area contributed by atoms with Crippen LogP contribution in [0.5, 0.6) is 0 Å². The first kappa shape index (κ1) is 10.3. The number of carbonyl (C=O) groups is 1. The third-order valence-electron chi connectivity index (χ3n) is 2.12. The summed E-state index contributed by atoms with van der Waals surface area (Å²) in [6.07, 6.45) is 0. The van der Waals surface area contributed by atoms with Gasteiger partial charge in [0.15, 0.2) is 0 Å². The maximum Gasteiger partial charge on any atom is 0.337 e. The number of rotatable bonds is 1. The van der Waals surface area contributed by atoms with E-state index in [0.29, 0.717) is 5.02 Å². The molecule has 0 heterocycles. The van der Waals surface area contributed by atoms with Gasteiger partial charge in [-0.1, -0.05) is 29.3 Å². The maximum atomic E-state index is 10.8. The summed E-state index contributed by atoms with van der Waals surface area (Å²) in [7, 11) is 0. The van der Waals surface area contributed by atoms with Crippen molar-refractivity contribution in [2.75, 3.05) is 0 Å². The Labute approximate surface area is 96.0 Å². The van der Waals surface area contributed by atoms with Crippen molar-refractivity contribution in [2.45, 2.75) is 0 Å². The van der Waals surface area contributed by atoms with E-state index >= 15 is 0 Å². The van der Waals surface area contributed by atoms with Crippen molar-refractivity contribution >= 4 is 39.9 Å². The molecule has 0 amide bonds. The number of fused-ring (bicyclic) bond motifs is 1. The van der Waals surface area contributed by atoms with Crippen molar-refractivity contribution in [1.29, 1.82) is 0 Å². The highest BCUT2D eigenvalue weighted by Gasteiger charge is 2.09. The predicted octanol–water partition coefficient (Wildman–Crippen LogP) is 3.84. The van der Waals surface area contributed by atoms with Gasteiger partial charge in [0.25, 0.3) is 0 Å². The van der Waals surface area contributed by atoms with E-state index in [1.54, 1.807) is 24.3 Å². The van der Waals surface area contributed by atoms with E-state index in [1.807, 2.05) is 0 Å². The van der Waals surface area contributed by atoms with Gasteiger partial charge in [0, 0.05) is 5.02 Å². The molecule has 2 nitrogen and oxygen atoms in total. The van der Waals surface area contributed by atoms with Crippen LogP contribution in [0, 0.1) is 0 Å². The molecule has 0 saturated carbocycles. The SMILES string of the molecule is O=C(O)c1cc2cc(Cl)ccc2cc1Cl. The van der Waals surface area contributed by atoms with Crippen LogP contribution >= 0.6 is 23.2 Å². The van der Waals surface area contributed by atoms with E-state index in [9.17, 15) is 4.79 Å². The molecule has 0 fully saturated rings. The first-order valence-corrected chi connectivity index (χ1v) is 4.95. The number of hydrogen-bond acceptors (Lipinski definition) is 1. The third kappa shape index (κ3) is 1.91. The third-order valence-corrected chi connectivity index (χ3v) is 2.67. The number of benzene rings is 2. The summed E-state index contributed by atoms with van der Waals surface area (Å²) in [5, 5.41) is 11.3. The van der Waals surface area contributed by atoms with E-state index in [4.69, 9.17) is 28.3 Å². The topological polar surface area (TPSA) is 37.3 Å². The zero-order valence-corrected chi connectivity index (χ0v) is 9.01. The molecular weight excluding hydrogens is 235 g/mol. The fourth-order valence-electron chi connectivity index (χ4n) is 1.40. The van der Waals surface area contributed by atoms with Gasteiger partial charge in [-0.05, 0) is 35.0 Å². The first-order valence-electron chi connectivity index (χ1n) is 4.20. The minimum absolute atomic E-state index is 0.0893. The van der Waals surface area contributed by atoms with Crippen LogP contribution in [0.2, 0.25) is 10.0 Å². The zero-order chi connectivity index (χ0) is 11.0. The van der Waals surface area contributed by atoms with Crippen LogP contribution in [-0.4, -0.2) is 11.1 Å². The quantitative estimate of drug-likeness (QED) is 0.823. The van der Waals surface area contributed by atoms with E-state index in [0.717, 1.165) is 10.8 Å². The van der Waals surface area contributed by atoms with Gasteiger partial charge in [0.2, 0.25) is 0 Å². The Morgan fingerprint density at radius 3 is 2.47 bits per heavy atom. The smallest absolute Gasteiger partial charge is 0.337 e. The molecule has 0 saturated heterocycles. The Kier molecular flexibility index (Phi) is 2.55. The summed E-state index contributed by atoms with van der Waals surface area (Å²) in [6.45, 7) is 0. The van der Waals surface area contributed by atoms with E-state index in [2.05, 4.69) is 0 Å². The summed E-state index contributed by atoms with van der Waals surface area (Å²) < 4.78 is 0. The van der Waals surface area contributed by atoms with Crippen LogP contribution in [-0.2, 0) is 0 Å². The van der Waals surface area contributed by atoms with E-state index < -0.39 is 5.97 Å². The van der Waals surface area contributed by atoms with Crippen LogP contribution in [0.4, 0.5) is 0 Å². The van der Waals surface area contributed by atoms with Crippen molar-refractivity contribution in [2.24, 2.45) is 0 Å². The van der Waals surface area contributed by atoms with Crippen molar-refractivity contribution in [1.82, 2.24) is 0 Å². The van der Waals surface area contributed by atoms with Crippen LogP contribution in [0.25, 0.3) is 10.8 Å². The summed E-state index contributed by atoms with van der Waals surface area (Å²) in [5.41, 5.74) is 0.0893. The molecule has 0 bridgehead atoms. The molecule has 2 rings (SSSR count).